The van der Waals surface area contributed by atoms with E-state index in [0.29, 0.717) is 0 Å². The van der Waals surface area contributed by atoms with Gasteiger partial charge >= 0.3 is 0 Å². The third-order valence-electron chi connectivity index (χ3n) is 1.72. The van der Waals surface area contributed by atoms with Crippen molar-refractivity contribution in [2.45, 2.75) is 32.7 Å². The lowest BCUT2D eigenvalue weighted by atomic mass is 10.1. The van der Waals surface area contributed by atoms with E-state index in [1.54, 1.807) is 0 Å². The number of aromatic nitrogens is 2. The third kappa shape index (κ3) is 2.24. The highest BCUT2D eigenvalue weighted by Gasteiger charge is 2.06. The SMILES string of the molecule is CCC(N)Cc1snnc1C. The second-order valence-corrected chi connectivity index (χ2v) is 3.49. The standard InChI is InChI=1S/C7H13N3S/c1-3-6(8)4-7-5(2)9-10-11-7/h6H,3-4,8H2,1-2H3. The average Bonchev–Trinajstić information content (AvgIpc) is 2.37. The fourth-order valence-corrected chi connectivity index (χ4v) is 1.54. The molecule has 0 fully saturated rings. The average molecular weight is 171 g/mol. The number of aryl methyl sites for hydroxylation is 1. The van der Waals surface area contributed by atoms with Crippen molar-refractivity contribution in [1.82, 2.24) is 9.59 Å². The van der Waals surface area contributed by atoms with Gasteiger partial charge in [-0.05, 0) is 24.9 Å². The quantitative estimate of drug-likeness (QED) is 0.741. The zero-order chi connectivity index (χ0) is 8.27. The number of nitrogens with zero attached hydrogens (tertiary/aromatic N) is 2. The molecule has 0 aliphatic rings. The number of rotatable bonds is 3. The summed E-state index contributed by atoms with van der Waals surface area (Å²) in [5.74, 6) is 0. The van der Waals surface area contributed by atoms with E-state index in [2.05, 4.69) is 16.5 Å². The van der Waals surface area contributed by atoms with Crippen LogP contribution in [0.15, 0.2) is 0 Å². The first kappa shape index (κ1) is 8.62. The van der Waals surface area contributed by atoms with Crippen molar-refractivity contribution in [3.05, 3.63) is 10.6 Å². The highest BCUT2D eigenvalue weighted by Crippen LogP contribution is 2.11. The van der Waals surface area contributed by atoms with Gasteiger partial charge in [0.1, 0.15) is 0 Å². The van der Waals surface area contributed by atoms with Crippen molar-refractivity contribution >= 4 is 11.5 Å². The van der Waals surface area contributed by atoms with Crippen LogP contribution in [0.4, 0.5) is 0 Å². The number of hydrogen-bond donors (Lipinski definition) is 1. The highest BCUT2D eigenvalue weighted by molar-refractivity contribution is 7.05. The van der Waals surface area contributed by atoms with Gasteiger partial charge in [0.15, 0.2) is 0 Å². The Kier molecular flexibility index (Phi) is 2.96. The molecule has 1 rings (SSSR count). The molecule has 1 aromatic rings. The van der Waals surface area contributed by atoms with E-state index in [0.717, 1.165) is 18.5 Å². The summed E-state index contributed by atoms with van der Waals surface area (Å²) in [6.07, 6.45) is 1.93. The second kappa shape index (κ2) is 3.78. The Balaban J connectivity index is 2.56. The molecule has 1 heterocycles. The minimum Gasteiger partial charge on any atom is -0.327 e. The maximum absolute atomic E-state index is 5.78. The van der Waals surface area contributed by atoms with Gasteiger partial charge in [0.05, 0.1) is 10.6 Å². The molecule has 0 aliphatic carbocycles. The molecule has 0 radical (unpaired) electrons. The molecule has 0 saturated carbocycles. The van der Waals surface area contributed by atoms with E-state index in [1.165, 1.54) is 16.4 Å². The van der Waals surface area contributed by atoms with E-state index in [-0.39, 0.29) is 6.04 Å². The minimum atomic E-state index is 0.260. The van der Waals surface area contributed by atoms with Crippen molar-refractivity contribution < 1.29 is 0 Å². The molecule has 1 aromatic heterocycles. The molecule has 3 nitrogen and oxygen atoms in total. The molecule has 0 aromatic carbocycles. The van der Waals surface area contributed by atoms with Gasteiger partial charge in [-0.2, -0.15) is 0 Å². The summed E-state index contributed by atoms with van der Waals surface area (Å²) in [5, 5.41) is 3.92. The van der Waals surface area contributed by atoms with E-state index in [4.69, 9.17) is 5.73 Å². The Morgan fingerprint density at radius 2 is 2.36 bits per heavy atom. The summed E-state index contributed by atoms with van der Waals surface area (Å²) >= 11 is 1.45. The Morgan fingerprint density at radius 3 is 2.82 bits per heavy atom. The van der Waals surface area contributed by atoms with E-state index < -0.39 is 0 Å². The molecule has 2 N–H and O–H groups in total. The molecule has 0 aliphatic heterocycles. The molecule has 1 unspecified atom stereocenters. The van der Waals surface area contributed by atoms with Gasteiger partial charge in [-0.15, -0.1) is 5.10 Å². The third-order valence-corrected chi connectivity index (χ3v) is 2.56. The van der Waals surface area contributed by atoms with Crippen molar-refractivity contribution in [1.29, 1.82) is 0 Å². The van der Waals surface area contributed by atoms with Crippen molar-refractivity contribution in [2.24, 2.45) is 5.73 Å². The Morgan fingerprint density at radius 1 is 1.64 bits per heavy atom. The second-order valence-electron chi connectivity index (χ2n) is 2.65. The molecule has 4 heteroatoms. The van der Waals surface area contributed by atoms with Gasteiger partial charge < -0.3 is 5.73 Å². The summed E-state index contributed by atoms with van der Waals surface area (Å²) in [7, 11) is 0. The van der Waals surface area contributed by atoms with Gasteiger partial charge in [-0.1, -0.05) is 11.4 Å². The molecule has 62 valence electrons. The van der Waals surface area contributed by atoms with Crippen molar-refractivity contribution in [3.8, 4) is 0 Å². The van der Waals surface area contributed by atoms with Crippen LogP contribution in [0.25, 0.3) is 0 Å². The molecule has 0 saturated heterocycles. The van der Waals surface area contributed by atoms with Crippen molar-refractivity contribution in [2.75, 3.05) is 0 Å². The van der Waals surface area contributed by atoms with Crippen LogP contribution >= 0.6 is 11.5 Å². The fraction of sp³-hybridized carbons (Fsp3) is 0.714. The van der Waals surface area contributed by atoms with Crippen molar-refractivity contribution in [3.63, 3.8) is 0 Å². The summed E-state index contributed by atoms with van der Waals surface area (Å²) in [5.41, 5.74) is 6.81. The van der Waals surface area contributed by atoms with Crippen LogP contribution in [-0.4, -0.2) is 15.6 Å². The van der Waals surface area contributed by atoms with Gasteiger partial charge in [0, 0.05) is 12.5 Å². The van der Waals surface area contributed by atoms with Gasteiger partial charge in [-0.3, -0.25) is 0 Å². The van der Waals surface area contributed by atoms with Crippen LogP contribution in [0.1, 0.15) is 23.9 Å². The summed E-state index contributed by atoms with van der Waals surface area (Å²) in [6, 6.07) is 0.260. The van der Waals surface area contributed by atoms with Gasteiger partial charge in [-0.25, -0.2) is 0 Å². The fourth-order valence-electron chi connectivity index (χ4n) is 0.820. The molecule has 0 spiro atoms. The van der Waals surface area contributed by atoms with Gasteiger partial charge in [0.2, 0.25) is 0 Å². The predicted octanol–water partition coefficient (Wildman–Crippen LogP) is 1.13. The van der Waals surface area contributed by atoms with E-state index in [9.17, 15) is 0 Å². The maximum Gasteiger partial charge on any atom is 0.0757 e. The molecular weight excluding hydrogens is 158 g/mol. The topological polar surface area (TPSA) is 51.8 Å². The lowest BCUT2D eigenvalue weighted by Crippen LogP contribution is -2.21. The van der Waals surface area contributed by atoms with E-state index in [1.807, 2.05) is 6.92 Å². The van der Waals surface area contributed by atoms with Crippen LogP contribution < -0.4 is 5.73 Å². The first-order valence-corrected chi connectivity index (χ1v) is 4.54. The first-order valence-electron chi connectivity index (χ1n) is 3.77. The zero-order valence-electron chi connectivity index (χ0n) is 6.87. The number of hydrogen-bond acceptors (Lipinski definition) is 4. The predicted molar refractivity (Wildman–Crippen MR) is 46.6 cm³/mol. The maximum atomic E-state index is 5.78. The lowest BCUT2D eigenvalue weighted by Gasteiger charge is -2.05. The normalized spacial score (nSPS) is 13.4. The van der Waals surface area contributed by atoms with E-state index >= 15 is 0 Å². The molecule has 1 atom stereocenters. The minimum absolute atomic E-state index is 0.260. The molecular formula is C7H13N3S. The summed E-state index contributed by atoms with van der Waals surface area (Å²) < 4.78 is 3.85. The van der Waals surface area contributed by atoms with Crippen LogP contribution in [0.5, 0.6) is 0 Å². The largest absolute Gasteiger partial charge is 0.327 e. The number of nitrogens with two attached hydrogens (primary N) is 1. The Bertz CT molecular complexity index is 221. The Hall–Kier alpha value is -0.480. The molecule has 0 amide bonds. The molecule has 11 heavy (non-hydrogen) atoms. The summed E-state index contributed by atoms with van der Waals surface area (Å²) in [4.78, 5) is 1.22. The van der Waals surface area contributed by atoms with Crippen LogP contribution in [0.3, 0.4) is 0 Å². The monoisotopic (exact) mass is 171 g/mol. The Labute approximate surface area is 70.8 Å². The smallest absolute Gasteiger partial charge is 0.0757 e. The van der Waals surface area contributed by atoms with Crippen LogP contribution in [0, 0.1) is 6.92 Å². The van der Waals surface area contributed by atoms with Crippen LogP contribution in [0.2, 0.25) is 0 Å². The lowest BCUT2D eigenvalue weighted by molar-refractivity contribution is 0.649. The van der Waals surface area contributed by atoms with Crippen LogP contribution in [-0.2, 0) is 6.42 Å². The highest BCUT2D eigenvalue weighted by atomic mass is 32.1. The van der Waals surface area contributed by atoms with Gasteiger partial charge in [0.25, 0.3) is 0 Å². The molecule has 0 bridgehead atoms. The first-order chi connectivity index (χ1) is 5.24. The zero-order valence-corrected chi connectivity index (χ0v) is 7.69. The summed E-state index contributed by atoms with van der Waals surface area (Å²) in [6.45, 7) is 4.07.